The molecule has 0 aromatic heterocycles. The molecule has 36 heavy (non-hydrogen) atoms. The fourth-order valence-corrected chi connectivity index (χ4v) is 6.43. The lowest BCUT2D eigenvalue weighted by atomic mass is 9.80. The van der Waals surface area contributed by atoms with Gasteiger partial charge in [-0.3, -0.25) is 9.59 Å². The van der Waals surface area contributed by atoms with E-state index in [2.05, 4.69) is 18.0 Å². The minimum Gasteiger partial charge on any atom is -0.468 e. The van der Waals surface area contributed by atoms with E-state index in [1.807, 2.05) is 0 Å². The standard InChI is InChI=1S/C26H26O8S2/c1-5-13-23(36(31,32)22-16-11-8-12-17-22)19-26(24(27)33-3,25(28)34-4)18-20(6-2)35(29,30)21-14-9-7-10-15-21/h5,7-12,14-17H,2,18-19H2,1,3-4H3. The second-order valence-corrected chi connectivity index (χ2v) is 11.5. The highest BCUT2D eigenvalue weighted by molar-refractivity contribution is 7.95. The quantitative estimate of drug-likeness (QED) is 0.259. The van der Waals surface area contributed by atoms with Crippen LogP contribution in [0.3, 0.4) is 0 Å². The molecule has 190 valence electrons. The molecule has 0 aliphatic heterocycles. The molecule has 0 amide bonds. The van der Waals surface area contributed by atoms with Gasteiger partial charge in [0.2, 0.25) is 19.7 Å². The Morgan fingerprint density at radius 3 is 1.56 bits per heavy atom. The van der Waals surface area contributed by atoms with Crippen LogP contribution in [0.15, 0.2) is 104 Å². The highest BCUT2D eigenvalue weighted by Crippen LogP contribution is 2.41. The maximum Gasteiger partial charge on any atom is 0.324 e. The molecular weight excluding hydrogens is 504 g/mol. The highest BCUT2D eigenvalue weighted by atomic mass is 32.2. The van der Waals surface area contributed by atoms with E-state index in [9.17, 15) is 26.4 Å². The van der Waals surface area contributed by atoms with Gasteiger partial charge in [0.1, 0.15) is 0 Å². The van der Waals surface area contributed by atoms with Crippen LogP contribution in [0, 0.1) is 5.41 Å². The Labute approximate surface area is 211 Å². The summed E-state index contributed by atoms with van der Waals surface area (Å²) in [7, 11) is -6.52. The summed E-state index contributed by atoms with van der Waals surface area (Å²) in [4.78, 5) is 25.1. The zero-order chi connectivity index (χ0) is 27.0. The van der Waals surface area contributed by atoms with Crippen LogP contribution in [0.25, 0.3) is 0 Å². The molecule has 0 radical (unpaired) electrons. The van der Waals surface area contributed by atoms with E-state index in [4.69, 9.17) is 9.47 Å². The van der Waals surface area contributed by atoms with Crippen molar-refractivity contribution in [2.24, 2.45) is 5.41 Å². The molecule has 0 saturated heterocycles. The molecule has 8 nitrogen and oxygen atoms in total. The molecule has 0 bridgehead atoms. The summed E-state index contributed by atoms with van der Waals surface area (Å²) < 4.78 is 63.2. The average Bonchev–Trinajstić information content (AvgIpc) is 2.90. The van der Waals surface area contributed by atoms with Gasteiger partial charge in [0, 0.05) is 12.8 Å². The molecule has 2 aromatic carbocycles. The SMILES string of the molecule is C=C=C(CC(CC(=C=CC)S(=O)(=O)c1ccccc1)(C(=O)OC)C(=O)OC)S(=O)(=O)c1ccccc1. The van der Waals surface area contributed by atoms with Crippen molar-refractivity contribution in [1.82, 2.24) is 0 Å². The van der Waals surface area contributed by atoms with Crippen LogP contribution in [0.2, 0.25) is 0 Å². The van der Waals surface area contributed by atoms with Gasteiger partial charge in [0.25, 0.3) is 0 Å². The summed E-state index contributed by atoms with van der Waals surface area (Å²) in [5, 5.41) is 0. The predicted molar refractivity (Wildman–Crippen MR) is 133 cm³/mol. The van der Waals surface area contributed by atoms with E-state index in [1.165, 1.54) is 61.5 Å². The molecule has 0 aliphatic carbocycles. The van der Waals surface area contributed by atoms with Crippen LogP contribution >= 0.6 is 0 Å². The molecule has 0 saturated carbocycles. The molecule has 0 N–H and O–H groups in total. The molecule has 0 fully saturated rings. The maximum atomic E-state index is 13.4. The molecule has 0 heterocycles. The van der Waals surface area contributed by atoms with Crippen molar-refractivity contribution in [2.45, 2.75) is 29.6 Å². The van der Waals surface area contributed by atoms with Gasteiger partial charge in [0.05, 0.1) is 33.8 Å². The summed E-state index contributed by atoms with van der Waals surface area (Å²) in [6, 6.07) is 14.6. The van der Waals surface area contributed by atoms with E-state index in [-0.39, 0.29) is 9.79 Å². The number of carbonyl (C=O) groups is 2. The number of methoxy groups -OCH3 is 2. The Hall–Kier alpha value is -3.68. The van der Waals surface area contributed by atoms with E-state index < -0.39 is 59.7 Å². The predicted octanol–water partition coefficient (Wildman–Crippen LogP) is 3.77. The number of rotatable bonds is 10. The zero-order valence-corrected chi connectivity index (χ0v) is 21.7. The smallest absolute Gasteiger partial charge is 0.324 e. The topological polar surface area (TPSA) is 121 Å². The third-order valence-electron chi connectivity index (χ3n) is 5.34. The number of sulfone groups is 2. The van der Waals surface area contributed by atoms with Crippen molar-refractivity contribution in [2.75, 3.05) is 14.2 Å². The molecule has 0 aliphatic rings. The first-order valence-corrected chi connectivity index (χ1v) is 13.5. The van der Waals surface area contributed by atoms with E-state index in [1.54, 1.807) is 12.1 Å². The number of hydrogen-bond acceptors (Lipinski definition) is 8. The van der Waals surface area contributed by atoms with E-state index in [0.29, 0.717) is 0 Å². The lowest BCUT2D eigenvalue weighted by Crippen LogP contribution is -2.43. The second kappa shape index (κ2) is 11.8. The van der Waals surface area contributed by atoms with Gasteiger partial charge in [-0.1, -0.05) is 43.0 Å². The van der Waals surface area contributed by atoms with Crippen LogP contribution in [0.1, 0.15) is 19.8 Å². The number of allylic oxidation sites excluding steroid dienone is 2. The number of ether oxygens (including phenoxy) is 2. The minimum atomic E-state index is -4.26. The summed E-state index contributed by atoms with van der Waals surface area (Å²) in [5.41, 5.74) is 2.49. The summed E-state index contributed by atoms with van der Waals surface area (Å²) in [5.74, 6) is -2.38. The minimum absolute atomic E-state index is 0.102. The van der Waals surface area contributed by atoms with Crippen molar-refractivity contribution in [1.29, 1.82) is 0 Å². The normalized spacial score (nSPS) is 11.4. The van der Waals surface area contributed by atoms with Gasteiger partial charge in [0.15, 0.2) is 5.41 Å². The Balaban J connectivity index is 2.77. The van der Waals surface area contributed by atoms with Crippen LogP contribution in [-0.2, 0) is 38.7 Å². The van der Waals surface area contributed by atoms with Gasteiger partial charge < -0.3 is 9.47 Å². The van der Waals surface area contributed by atoms with Crippen molar-refractivity contribution in [3.63, 3.8) is 0 Å². The van der Waals surface area contributed by atoms with Crippen molar-refractivity contribution >= 4 is 31.6 Å². The van der Waals surface area contributed by atoms with Gasteiger partial charge in [-0.05, 0) is 37.3 Å². The highest BCUT2D eigenvalue weighted by Gasteiger charge is 2.52. The first-order chi connectivity index (χ1) is 17.0. The average molecular weight is 531 g/mol. The fraction of sp³-hybridized carbons (Fsp3) is 0.231. The molecule has 10 heteroatoms. The van der Waals surface area contributed by atoms with Crippen molar-refractivity contribution in [3.8, 4) is 0 Å². The third-order valence-corrected chi connectivity index (χ3v) is 8.97. The Bertz CT molecular complexity index is 1430. The first kappa shape index (κ1) is 28.6. The van der Waals surface area contributed by atoms with Gasteiger partial charge in [-0.25, -0.2) is 16.8 Å². The summed E-state index contributed by atoms with van der Waals surface area (Å²) in [6.07, 6.45) is -0.296. The Morgan fingerprint density at radius 1 is 0.806 bits per heavy atom. The third kappa shape index (κ3) is 5.75. The number of esters is 2. The molecule has 0 atom stereocenters. The van der Waals surface area contributed by atoms with Gasteiger partial charge >= 0.3 is 11.9 Å². The molecule has 0 spiro atoms. The lowest BCUT2D eigenvalue weighted by Gasteiger charge is -2.29. The van der Waals surface area contributed by atoms with Gasteiger partial charge in [-0.2, -0.15) is 0 Å². The Morgan fingerprint density at radius 2 is 1.19 bits per heavy atom. The number of benzene rings is 2. The van der Waals surface area contributed by atoms with E-state index in [0.717, 1.165) is 14.2 Å². The van der Waals surface area contributed by atoms with Gasteiger partial charge in [-0.15, -0.1) is 11.5 Å². The van der Waals surface area contributed by atoms with Crippen LogP contribution in [-0.4, -0.2) is 43.0 Å². The first-order valence-electron chi connectivity index (χ1n) is 10.6. The second-order valence-electron chi connectivity index (χ2n) is 7.51. The summed E-state index contributed by atoms with van der Waals surface area (Å²) in [6.45, 7) is 4.93. The fourth-order valence-electron chi connectivity index (χ4n) is 3.49. The largest absolute Gasteiger partial charge is 0.468 e. The van der Waals surface area contributed by atoms with Crippen LogP contribution in [0.5, 0.6) is 0 Å². The molecule has 2 rings (SSSR count). The van der Waals surface area contributed by atoms with E-state index >= 15 is 0 Å². The monoisotopic (exact) mass is 530 g/mol. The lowest BCUT2D eigenvalue weighted by molar-refractivity contribution is -0.168. The maximum absolute atomic E-state index is 13.4. The zero-order valence-electron chi connectivity index (χ0n) is 20.1. The number of hydrogen-bond donors (Lipinski definition) is 0. The Kier molecular flexibility index (Phi) is 9.39. The summed E-state index contributed by atoms with van der Waals surface area (Å²) >= 11 is 0. The molecular formula is C26H26O8S2. The van der Waals surface area contributed by atoms with Crippen LogP contribution in [0.4, 0.5) is 0 Å². The van der Waals surface area contributed by atoms with Crippen molar-refractivity contribution in [3.05, 3.63) is 94.6 Å². The number of carbonyl (C=O) groups excluding carboxylic acids is 2. The molecule has 0 unspecified atom stereocenters. The molecule has 2 aromatic rings. The van der Waals surface area contributed by atoms with Crippen LogP contribution < -0.4 is 0 Å². The van der Waals surface area contributed by atoms with Crippen molar-refractivity contribution < 1.29 is 35.9 Å².